The molecule has 1 atom stereocenters. The van der Waals surface area contributed by atoms with Gasteiger partial charge in [-0.1, -0.05) is 18.2 Å². The monoisotopic (exact) mass is 326 g/mol. The predicted molar refractivity (Wildman–Crippen MR) is 92.2 cm³/mol. The summed E-state index contributed by atoms with van der Waals surface area (Å²) in [7, 11) is 0. The molecule has 2 heterocycles. The van der Waals surface area contributed by atoms with Crippen molar-refractivity contribution in [1.82, 2.24) is 15.1 Å². The number of anilines is 1. The Balaban J connectivity index is 1.59. The number of ether oxygens (including phenoxy) is 1. The van der Waals surface area contributed by atoms with E-state index >= 15 is 0 Å². The Labute approximate surface area is 141 Å². The molecule has 0 radical (unpaired) electrons. The van der Waals surface area contributed by atoms with Crippen LogP contribution in [0.5, 0.6) is 5.88 Å². The first-order valence-corrected chi connectivity index (χ1v) is 8.20. The maximum absolute atomic E-state index is 12.5. The van der Waals surface area contributed by atoms with Gasteiger partial charge in [-0.15, -0.1) is 5.10 Å². The standard InChI is InChI=1S/C18H22N4O2/c1-13-6-3-4-8-16(13)19-18(23)22-11-5-7-15(12-22)24-17-10-9-14(2)20-21-17/h3-4,6,8-10,15H,5,7,11-12H2,1-2H3,(H,19,23). The molecular formula is C18H22N4O2. The van der Waals surface area contributed by atoms with Crippen molar-refractivity contribution in [2.45, 2.75) is 32.8 Å². The van der Waals surface area contributed by atoms with Crippen molar-refractivity contribution in [3.63, 3.8) is 0 Å². The van der Waals surface area contributed by atoms with Crippen molar-refractivity contribution >= 4 is 11.7 Å². The molecular weight excluding hydrogens is 304 g/mol. The molecule has 1 aromatic heterocycles. The van der Waals surface area contributed by atoms with Crippen molar-refractivity contribution in [2.24, 2.45) is 0 Å². The van der Waals surface area contributed by atoms with Gasteiger partial charge in [0.15, 0.2) is 0 Å². The van der Waals surface area contributed by atoms with E-state index in [1.807, 2.05) is 50.2 Å². The second-order valence-electron chi connectivity index (χ2n) is 6.09. The van der Waals surface area contributed by atoms with Crippen LogP contribution in [0.1, 0.15) is 24.1 Å². The van der Waals surface area contributed by atoms with E-state index in [0.717, 1.165) is 36.3 Å². The number of rotatable bonds is 3. The number of carbonyl (C=O) groups excluding carboxylic acids is 1. The number of hydrogen-bond donors (Lipinski definition) is 1. The van der Waals surface area contributed by atoms with E-state index < -0.39 is 0 Å². The molecule has 1 fully saturated rings. The Morgan fingerprint density at radius 3 is 2.79 bits per heavy atom. The van der Waals surface area contributed by atoms with E-state index in [9.17, 15) is 4.79 Å². The predicted octanol–water partition coefficient (Wildman–Crippen LogP) is 3.17. The van der Waals surface area contributed by atoms with Gasteiger partial charge in [-0.05, 0) is 44.4 Å². The molecule has 126 valence electrons. The first-order chi connectivity index (χ1) is 11.6. The largest absolute Gasteiger partial charge is 0.471 e. The van der Waals surface area contributed by atoms with E-state index in [2.05, 4.69) is 15.5 Å². The minimum absolute atomic E-state index is 0.0571. The quantitative estimate of drug-likeness (QED) is 0.941. The summed E-state index contributed by atoms with van der Waals surface area (Å²) in [5, 5.41) is 11.0. The Hall–Kier alpha value is -2.63. The molecule has 24 heavy (non-hydrogen) atoms. The van der Waals surface area contributed by atoms with Gasteiger partial charge in [-0.2, -0.15) is 5.10 Å². The van der Waals surface area contributed by atoms with Gasteiger partial charge < -0.3 is 15.0 Å². The number of nitrogens with zero attached hydrogens (tertiary/aromatic N) is 3. The number of aromatic nitrogens is 2. The molecule has 2 amide bonds. The summed E-state index contributed by atoms with van der Waals surface area (Å²) in [4.78, 5) is 14.3. The van der Waals surface area contributed by atoms with Crippen LogP contribution in [0, 0.1) is 13.8 Å². The van der Waals surface area contributed by atoms with Gasteiger partial charge in [0, 0.05) is 18.3 Å². The number of aryl methyl sites for hydroxylation is 2. The summed E-state index contributed by atoms with van der Waals surface area (Å²) in [6, 6.07) is 11.4. The SMILES string of the molecule is Cc1ccc(OC2CCCN(C(=O)Nc3ccccc3C)C2)nn1. The van der Waals surface area contributed by atoms with Crippen molar-refractivity contribution in [3.8, 4) is 5.88 Å². The van der Waals surface area contributed by atoms with Gasteiger partial charge in [0.05, 0.1) is 12.2 Å². The van der Waals surface area contributed by atoms with Crippen molar-refractivity contribution in [1.29, 1.82) is 0 Å². The Bertz CT molecular complexity index is 702. The third kappa shape index (κ3) is 4.01. The Morgan fingerprint density at radius 1 is 1.21 bits per heavy atom. The second kappa shape index (κ2) is 7.29. The lowest BCUT2D eigenvalue weighted by Crippen LogP contribution is -2.46. The zero-order chi connectivity index (χ0) is 16.9. The van der Waals surface area contributed by atoms with E-state index in [1.54, 1.807) is 4.90 Å². The molecule has 2 aromatic rings. The maximum Gasteiger partial charge on any atom is 0.321 e. The molecule has 1 saturated heterocycles. The summed E-state index contributed by atoms with van der Waals surface area (Å²) in [6.07, 6.45) is 1.76. The van der Waals surface area contributed by atoms with E-state index in [4.69, 9.17) is 4.74 Å². The van der Waals surface area contributed by atoms with Crippen LogP contribution in [-0.4, -0.2) is 40.3 Å². The summed E-state index contributed by atoms with van der Waals surface area (Å²) in [5.41, 5.74) is 2.74. The highest BCUT2D eigenvalue weighted by Gasteiger charge is 2.25. The number of para-hydroxylation sites is 1. The smallest absolute Gasteiger partial charge is 0.321 e. The number of carbonyl (C=O) groups is 1. The molecule has 0 spiro atoms. The van der Waals surface area contributed by atoms with Crippen LogP contribution in [0.25, 0.3) is 0 Å². The number of amides is 2. The van der Waals surface area contributed by atoms with Gasteiger partial charge in [0.25, 0.3) is 0 Å². The number of urea groups is 1. The molecule has 6 heteroatoms. The highest BCUT2D eigenvalue weighted by Crippen LogP contribution is 2.19. The summed E-state index contributed by atoms with van der Waals surface area (Å²) in [5.74, 6) is 0.506. The second-order valence-corrected chi connectivity index (χ2v) is 6.09. The zero-order valence-corrected chi connectivity index (χ0v) is 14.0. The van der Waals surface area contributed by atoms with Crippen LogP contribution in [0.3, 0.4) is 0 Å². The van der Waals surface area contributed by atoms with E-state index in [1.165, 1.54) is 0 Å². The van der Waals surface area contributed by atoms with Gasteiger partial charge in [-0.3, -0.25) is 0 Å². The number of nitrogens with one attached hydrogen (secondary N) is 1. The highest BCUT2D eigenvalue weighted by molar-refractivity contribution is 5.90. The topological polar surface area (TPSA) is 67.3 Å². The lowest BCUT2D eigenvalue weighted by molar-refractivity contribution is 0.102. The normalized spacial score (nSPS) is 17.4. The molecule has 6 nitrogen and oxygen atoms in total. The average molecular weight is 326 g/mol. The maximum atomic E-state index is 12.5. The molecule has 3 rings (SSSR count). The van der Waals surface area contributed by atoms with Crippen molar-refractivity contribution in [3.05, 3.63) is 47.7 Å². The minimum atomic E-state index is -0.0902. The van der Waals surface area contributed by atoms with E-state index in [0.29, 0.717) is 12.4 Å². The van der Waals surface area contributed by atoms with Crippen molar-refractivity contribution in [2.75, 3.05) is 18.4 Å². The van der Waals surface area contributed by atoms with Crippen molar-refractivity contribution < 1.29 is 9.53 Å². The van der Waals surface area contributed by atoms with Crippen LogP contribution < -0.4 is 10.1 Å². The van der Waals surface area contributed by atoms with Crippen LogP contribution in [0.2, 0.25) is 0 Å². The lowest BCUT2D eigenvalue weighted by atomic mass is 10.1. The zero-order valence-electron chi connectivity index (χ0n) is 14.0. The summed E-state index contributed by atoms with van der Waals surface area (Å²) < 4.78 is 5.87. The van der Waals surface area contributed by atoms with E-state index in [-0.39, 0.29) is 12.1 Å². The molecule has 1 aliphatic heterocycles. The number of likely N-dealkylation sites (tertiary alicyclic amines) is 1. The highest BCUT2D eigenvalue weighted by atomic mass is 16.5. The van der Waals surface area contributed by atoms with Gasteiger partial charge in [0.2, 0.25) is 5.88 Å². The number of benzene rings is 1. The third-order valence-corrected chi connectivity index (χ3v) is 4.11. The third-order valence-electron chi connectivity index (χ3n) is 4.11. The Morgan fingerprint density at radius 2 is 2.04 bits per heavy atom. The molecule has 0 bridgehead atoms. The van der Waals surface area contributed by atoms with Crippen LogP contribution in [-0.2, 0) is 0 Å². The fourth-order valence-electron chi connectivity index (χ4n) is 2.75. The molecule has 1 N–H and O–H groups in total. The minimum Gasteiger partial charge on any atom is -0.471 e. The molecule has 1 aromatic carbocycles. The summed E-state index contributed by atoms with van der Waals surface area (Å²) >= 11 is 0. The first kappa shape index (κ1) is 16.2. The fraction of sp³-hybridized carbons (Fsp3) is 0.389. The van der Waals surface area contributed by atoms with Crippen LogP contribution >= 0.6 is 0 Å². The average Bonchev–Trinajstić information content (AvgIpc) is 2.59. The fourth-order valence-corrected chi connectivity index (χ4v) is 2.75. The molecule has 1 aliphatic rings. The number of piperidine rings is 1. The van der Waals surface area contributed by atoms with Crippen LogP contribution in [0.4, 0.5) is 10.5 Å². The summed E-state index contributed by atoms with van der Waals surface area (Å²) in [6.45, 7) is 5.15. The first-order valence-electron chi connectivity index (χ1n) is 8.20. The van der Waals surface area contributed by atoms with Crippen LogP contribution in [0.15, 0.2) is 36.4 Å². The Kier molecular flexibility index (Phi) is 4.93. The van der Waals surface area contributed by atoms with Gasteiger partial charge >= 0.3 is 6.03 Å². The molecule has 1 unspecified atom stereocenters. The lowest BCUT2D eigenvalue weighted by Gasteiger charge is -2.32. The molecule has 0 aliphatic carbocycles. The number of hydrogen-bond acceptors (Lipinski definition) is 4. The van der Waals surface area contributed by atoms with Gasteiger partial charge in [0.1, 0.15) is 6.10 Å². The molecule has 0 saturated carbocycles. The van der Waals surface area contributed by atoms with Gasteiger partial charge in [-0.25, -0.2) is 4.79 Å².